The van der Waals surface area contributed by atoms with E-state index in [1.54, 1.807) is 11.7 Å². The molecule has 1 aromatic rings. The summed E-state index contributed by atoms with van der Waals surface area (Å²) in [5.41, 5.74) is 5.66. The topological polar surface area (TPSA) is 81.7 Å². The Labute approximate surface area is 77.5 Å². The minimum atomic E-state index is 0.184. The largest absolute Gasteiger partial charge is 0.351 e. The third-order valence-corrected chi connectivity index (χ3v) is 1.72. The lowest BCUT2D eigenvalue weighted by molar-refractivity contribution is 0.596. The standard InChI is InChI=1S/C7H16N6/c1-5(8)4-6(2)9-7-10-11-12-13(7)3/h5-6H,4,8H2,1-3H3,(H,9,10,12). The highest BCUT2D eigenvalue weighted by molar-refractivity contribution is 5.22. The average molecular weight is 184 g/mol. The Kier molecular flexibility index (Phi) is 3.18. The maximum Gasteiger partial charge on any atom is 0.242 e. The lowest BCUT2D eigenvalue weighted by Crippen LogP contribution is -2.27. The number of nitrogens with one attached hydrogen (secondary N) is 1. The quantitative estimate of drug-likeness (QED) is 0.674. The normalized spacial score (nSPS) is 15.4. The van der Waals surface area contributed by atoms with E-state index in [-0.39, 0.29) is 12.1 Å². The number of nitrogens with two attached hydrogens (primary N) is 1. The number of hydrogen-bond donors (Lipinski definition) is 2. The van der Waals surface area contributed by atoms with E-state index >= 15 is 0 Å². The molecule has 0 aliphatic rings. The van der Waals surface area contributed by atoms with E-state index in [1.807, 2.05) is 6.92 Å². The van der Waals surface area contributed by atoms with Gasteiger partial charge in [-0.15, -0.1) is 0 Å². The monoisotopic (exact) mass is 184 g/mol. The molecule has 0 amide bonds. The van der Waals surface area contributed by atoms with Gasteiger partial charge in [0, 0.05) is 19.1 Å². The summed E-state index contributed by atoms with van der Waals surface area (Å²) in [5, 5.41) is 14.2. The van der Waals surface area contributed by atoms with Gasteiger partial charge in [-0.3, -0.25) is 0 Å². The Hall–Kier alpha value is -1.17. The second-order valence-corrected chi connectivity index (χ2v) is 3.38. The Bertz CT molecular complexity index is 255. The van der Waals surface area contributed by atoms with Gasteiger partial charge >= 0.3 is 0 Å². The number of aryl methyl sites for hydroxylation is 1. The molecule has 1 rings (SSSR count). The molecule has 0 aliphatic carbocycles. The molecule has 13 heavy (non-hydrogen) atoms. The van der Waals surface area contributed by atoms with Crippen LogP contribution in [0.2, 0.25) is 0 Å². The fourth-order valence-electron chi connectivity index (χ4n) is 1.19. The van der Waals surface area contributed by atoms with Gasteiger partial charge in [0.25, 0.3) is 0 Å². The number of tetrazole rings is 1. The summed E-state index contributed by atoms with van der Waals surface area (Å²) < 4.78 is 1.59. The van der Waals surface area contributed by atoms with E-state index in [2.05, 4.69) is 27.8 Å². The van der Waals surface area contributed by atoms with E-state index in [1.165, 1.54) is 0 Å². The predicted octanol–water partition coefficient (Wildman–Crippen LogP) is -0.252. The molecule has 0 saturated heterocycles. The smallest absolute Gasteiger partial charge is 0.242 e. The third kappa shape index (κ3) is 2.98. The van der Waals surface area contributed by atoms with E-state index in [4.69, 9.17) is 5.73 Å². The molecule has 2 atom stereocenters. The van der Waals surface area contributed by atoms with Gasteiger partial charge in [-0.2, -0.15) is 0 Å². The molecule has 1 heterocycles. The van der Waals surface area contributed by atoms with Crippen LogP contribution in [0.1, 0.15) is 20.3 Å². The van der Waals surface area contributed by atoms with Gasteiger partial charge in [-0.25, -0.2) is 4.68 Å². The van der Waals surface area contributed by atoms with Gasteiger partial charge in [-0.05, 0) is 30.7 Å². The van der Waals surface area contributed by atoms with Crippen LogP contribution < -0.4 is 11.1 Å². The van der Waals surface area contributed by atoms with Crippen LogP contribution in [0.3, 0.4) is 0 Å². The molecule has 6 heteroatoms. The first-order chi connectivity index (χ1) is 6.09. The second-order valence-electron chi connectivity index (χ2n) is 3.38. The van der Waals surface area contributed by atoms with Crippen molar-refractivity contribution in [1.29, 1.82) is 0 Å². The second kappa shape index (κ2) is 4.18. The Morgan fingerprint density at radius 2 is 2.23 bits per heavy atom. The molecule has 0 saturated carbocycles. The van der Waals surface area contributed by atoms with Crippen LogP contribution in [0.15, 0.2) is 0 Å². The molecule has 2 unspecified atom stereocenters. The van der Waals surface area contributed by atoms with Gasteiger partial charge in [-0.1, -0.05) is 5.10 Å². The molecule has 0 aromatic carbocycles. The van der Waals surface area contributed by atoms with Gasteiger partial charge in [0.1, 0.15) is 0 Å². The van der Waals surface area contributed by atoms with Crippen LogP contribution in [0, 0.1) is 0 Å². The highest BCUT2D eigenvalue weighted by Gasteiger charge is 2.08. The van der Waals surface area contributed by atoms with Crippen molar-refractivity contribution in [2.45, 2.75) is 32.4 Å². The first-order valence-corrected chi connectivity index (χ1v) is 4.34. The molecule has 0 fully saturated rings. The number of nitrogens with zero attached hydrogens (tertiary/aromatic N) is 4. The number of anilines is 1. The van der Waals surface area contributed by atoms with Crippen LogP contribution in [-0.2, 0) is 7.05 Å². The summed E-state index contributed by atoms with van der Waals surface area (Å²) >= 11 is 0. The molecular weight excluding hydrogens is 168 g/mol. The summed E-state index contributed by atoms with van der Waals surface area (Å²) in [7, 11) is 1.79. The number of rotatable bonds is 4. The van der Waals surface area contributed by atoms with Crippen LogP contribution in [0.4, 0.5) is 5.95 Å². The molecule has 0 aliphatic heterocycles. The molecule has 0 spiro atoms. The maximum absolute atomic E-state index is 5.66. The molecule has 1 aromatic heterocycles. The predicted molar refractivity (Wildman–Crippen MR) is 50.1 cm³/mol. The highest BCUT2D eigenvalue weighted by atomic mass is 15.6. The van der Waals surface area contributed by atoms with Crippen molar-refractivity contribution in [3.63, 3.8) is 0 Å². The number of hydrogen-bond acceptors (Lipinski definition) is 5. The molecular formula is C7H16N6. The zero-order valence-corrected chi connectivity index (χ0v) is 8.23. The molecule has 0 bridgehead atoms. The van der Waals surface area contributed by atoms with E-state index in [9.17, 15) is 0 Å². The molecule has 6 nitrogen and oxygen atoms in total. The van der Waals surface area contributed by atoms with Gasteiger partial charge in [0.2, 0.25) is 5.95 Å². The van der Waals surface area contributed by atoms with Gasteiger partial charge in [0.15, 0.2) is 0 Å². The summed E-state index contributed by atoms with van der Waals surface area (Å²) in [6.45, 7) is 4.03. The van der Waals surface area contributed by atoms with E-state index in [0.717, 1.165) is 6.42 Å². The van der Waals surface area contributed by atoms with Crippen LogP contribution in [-0.4, -0.2) is 32.3 Å². The molecule has 74 valence electrons. The van der Waals surface area contributed by atoms with Crippen molar-refractivity contribution in [2.24, 2.45) is 12.8 Å². The van der Waals surface area contributed by atoms with Crippen molar-refractivity contribution in [1.82, 2.24) is 20.2 Å². The van der Waals surface area contributed by atoms with Crippen LogP contribution in [0.25, 0.3) is 0 Å². The Balaban J connectivity index is 2.45. The zero-order valence-electron chi connectivity index (χ0n) is 8.23. The SMILES string of the molecule is CC(N)CC(C)Nc1nnnn1C. The lowest BCUT2D eigenvalue weighted by Gasteiger charge is -2.15. The van der Waals surface area contributed by atoms with Crippen molar-refractivity contribution in [2.75, 3.05) is 5.32 Å². The summed E-state index contributed by atoms with van der Waals surface area (Å²) in [5.74, 6) is 0.674. The fourth-order valence-corrected chi connectivity index (χ4v) is 1.19. The summed E-state index contributed by atoms with van der Waals surface area (Å²) in [6, 6.07) is 0.466. The maximum atomic E-state index is 5.66. The van der Waals surface area contributed by atoms with Crippen molar-refractivity contribution >= 4 is 5.95 Å². The number of aromatic nitrogens is 4. The fraction of sp³-hybridized carbons (Fsp3) is 0.857. The van der Waals surface area contributed by atoms with E-state index in [0.29, 0.717) is 5.95 Å². The van der Waals surface area contributed by atoms with Gasteiger partial charge in [0.05, 0.1) is 0 Å². The summed E-state index contributed by atoms with van der Waals surface area (Å²) in [4.78, 5) is 0. The van der Waals surface area contributed by atoms with Crippen LogP contribution >= 0.6 is 0 Å². The van der Waals surface area contributed by atoms with Gasteiger partial charge < -0.3 is 11.1 Å². The van der Waals surface area contributed by atoms with Crippen molar-refractivity contribution in [3.05, 3.63) is 0 Å². The van der Waals surface area contributed by atoms with Crippen molar-refractivity contribution in [3.8, 4) is 0 Å². The van der Waals surface area contributed by atoms with E-state index < -0.39 is 0 Å². The summed E-state index contributed by atoms with van der Waals surface area (Å²) in [6.07, 6.45) is 0.896. The average Bonchev–Trinajstić information content (AvgIpc) is 2.34. The molecule has 0 radical (unpaired) electrons. The minimum absolute atomic E-state index is 0.184. The van der Waals surface area contributed by atoms with Crippen molar-refractivity contribution < 1.29 is 0 Å². The minimum Gasteiger partial charge on any atom is -0.351 e. The Morgan fingerprint density at radius 3 is 2.69 bits per heavy atom. The Morgan fingerprint density at radius 1 is 1.54 bits per heavy atom. The highest BCUT2D eigenvalue weighted by Crippen LogP contribution is 2.03. The zero-order chi connectivity index (χ0) is 9.84. The van der Waals surface area contributed by atoms with Crippen LogP contribution in [0.5, 0.6) is 0 Å². The first-order valence-electron chi connectivity index (χ1n) is 4.34. The molecule has 3 N–H and O–H groups in total. The first kappa shape index (κ1) is 9.91. The third-order valence-electron chi connectivity index (χ3n) is 1.72. The lowest BCUT2D eigenvalue weighted by atomic mass is 10.1.